The SMILES string of the molecule is CC(C(=O)N1CCOC(c2ccc(Cl)cc2)C1)C1CNC1. The van der Waals surface area contributed by atoms with Crippen molar-refractivity contribution in [2.45, 2.75) is 13.0 Å². The summed E-state index contributed by atoms with van der Waals surface area (Å²) in [6, 6.07) is 7.67. The number of nitrogens with zero attached hydrogens (tertiary/aromatic N) is 1. The van der Waals surface area contributed by atoms with Gasteiger partial charge in [-0.25, -0.2) is 0 Å². The minimum atomic E-state index is -0.0494. The second-order valence-electron chi connectivity index (χ2n) is 5.90. The van der Waals surface area contributed by atoms with Crippen LogP contribution in [0.2, 0.25) is 5.02 Å². The maximum atomic E-state index is 12.6. The van der Waals surface area contributed by atoms with Gasteiger partial charge in [-0.3, -0.25) is 4.79 Å². The van der Waals surface area contributed by atoms with Gasteiger partial charge in [-0.05, 0) is 36.7 Å². The summed E-state index contributed by atoms with van der Waals surface area (Å²) in [5.74, 6) is 0.827. The second kappa shape index (κ2) is 6.34. The molecule has 3 rings (SSSR count). The minimum Gasteiger partial charge on any atom is -0.370 e. The van der Waals surface area contributed by atoms with Crippen LogP contribution in [-0.2, 0) is 9.53 Å². The van der Waals surface area contributed by atoms with Gasteiger partial charge in [0.1, 0.15) is 6.10 Å². The number of ether oxygens (including phenoxy) is 1. The number of nitrogens with one attached hydrogen (secondary N) is 1. The van der Waals surface area contributed by atoms with Crippen LogP contribution in [0.1, 0.15) is 18.6 Å². The first-order valence-electron chi connectivity index (χ1n) is 7.51. The number of rotatable bonds is 3. The zero-order valence-corrected chi connectivity index (χ0v) is 13.0. The Balaban J connectivity index is 1.64. The van der Waals surface area contributed by atoms with Crippen molar-refractivity contribution in [2.24, 2.45) is 11.8 Å². The summed E-state index contributed by atoms with van der Waals surface area (Å²) in [6.07, 6.45) is -0.0494. The van der Waals surface area contributed by atoms with E-state index in [1.54, 1.807) is 0 Å². The number of hydrogen-bond acceptors (Lipinski definition) is 3. The summed E-state index contributed by atoms with van der Waals surface area (Å²) in [7, 11) is 0. The number of halogens is 1. The first kappa shape index (κ1) is 14.8. The van der Waals surface area contributed by atoms with Crippen LogP contribution in [0.3, 0.4) is 0 Å². The largest absolute Gasteiger partial charge is 0.370 e. The van der Waals surface area contributed by atoms with E-state index in [9.17, 15) is 4.79 Å². The zero-order valence-electron chi connectivity index (χ0n) is 12.2. The van der Waals surface area contributed by atoms with Gasteiger partial charge in [0.05, 0.1) is 13.2 Å². The molecule has 0 aromatic heterocycles. The fourth-order valence-electron chi connectivity index (χ4n) is 2.88. The van der Waals surface area contributed by atoms with Gasteiger partial charge in [0.2, 0.25) is 5.91 Å². The Hall–Kier alpha value is -1.10. The van der Waals surface area contributed by atoms with Gasteiger partial charge in [0.15, 0.2) is 0 Å². The van der Waals surface area contributed by atoms with E-state index in [0.717, 1.165) is 18.7 Å². The average molecular weight is 309 g/mol. The summed E-state index contributed by atoms with van der Waals surface area (Å²) >= 11 is 5.92. The van der Waals surface area contributed by atoms with Crippen molar-refractivity contribution in [3.63, 3.8) is 0 Å². The first-order chi connectivity index (χ1) is 10.1. The van der Waals surface area contributed by atoms with E-state index < -0.39 is 0 Å². The topological polar surface area (TPSA) is 41.6 Å². The molecule has 5 heteroatoms. The van der Waals surface area contributed by atoms with E-state index in [4.69, 9.17) is 16.3 Å². The fraction of sp³-hybridized carbons (Fsp3) is 0.562. The van der Waals surface area contributed by atoms with E-state index in [-0.39, 0.29) is 17.9 Å². The molecule has 0 bridgehead atoms. The number of hydrogen-bond donors (Lipinski definition) is 1. The predicted octanol–water partition coefficient (Wildman–Crippen LogP) is 2.10. The van der Waals surface area contributed by atoms with E-state index in [1.807, 2.05) is 36.1 Å². The van der Waals surface area contributed by atoms with Crippen LogP contribution in [0.5, 0.6) is 0 Å². The lowest BCUT2D eigenvalue weighted by molar-refractivity contribution is -0.145. The number of benzene rings is 1. The predicted molar refractivity (Wildman–Crippen MR) is 82.2 cm³/mol. The molecule has 4 nitrogen and oxygen atoms in total. The van der Waals surface area contributed by atoms with Gasteiger partial charge in [0.25, 0.3) is 0 Å². The van der Waals surface area contributed by atoms with Crippen LogP contribution in [0.15, 0.2) is 24.3 Å². The number of carbonyl (C=O) groups excluding carboxylic acids is 1. The summed E-state index contributed by atoms with van der Waals surface area (Å²) in [6.45, 7) is 5.86. The normalized spacial score (nSPS) is 24.5. The monoisotopic (exact) mass is 308 g/mol. The van der Waals surface area contributed by atoms with Crippen molar-refractivity contribution in [1.82, 2.24) is 10.2 Å². The Labute approximate surface area is 130 Å². The molecule has 2 unspecified atom stereocenters. The Morgan fingerprint density at radius 3 is 2.71 bits per heavy atom. The molecule has 1 amide bonds. The Bertz CT molecular complexity index is 502. The highest BCUT2D eigenvalue weighted by Crippen LogP contribution is 2.26. The first-order valence-corrected chi connectivity index (χ1v) is 7.89. The molecule has 0 radical (unpaired) electrons. The number of amides is 1. The fourth-order valence-corrected chi connectivity index (χ4v) is 3.01. The van der Waals surface area contributed by atoms with Crippen molar-refractivity contribution in [3.05, 3.63) is 34.9 Å². The van der Waals surface area contributed by atoms with Crippen LogP contribution in [0.4, 0.5) is 0 Å². The maximum absolute atomic E-state index is 12.6. The van der Waals surface area contributed by atoms with E-state index in [2.05, 4.69) is 5.32 Å². The standard InChI is InChI=1S/C16H21ClN2O2/c1-11(13-8-18-9-13)16(20)19-6-7-21-15(10-19)12-2-4-14(17)5-3-12/h2-5,11,13,15,18H,6-10H2,1H3. The summed E-state index contributed by atoms with van der Waals surface area (Å²) in [5.41, 5.74) is 1.08. The molecular weight excluding hydrogens is 288 g/mol. The van der Waals surface area contributed by atoms with Crippen LogP contribution in [0, 0.1) is 11.8 Å². The molecule has 1 aromatic carbocycles. The zero-order chi connectivity index (χ0) is 14.8. The highest BCUT2D eigenvalue weighted by molar-refractivity contribution is 6.30. The van der Waals surface area contributed by atoms with Gasteiger partial charge in [0, 0.05) is 17.5 Å². The summed E-state index contributed by atoms with van der Waals surface area (Å²) in [5, 5.41) is 3.95. The third-order valence-electron chi connectivity index (χ3n) is 4.53. The molecule has 1 N–H and O–H groups in total. The molecular formula is C16H21ClN2O2. The number of carbonyl (C=O) groups is 1. The molecule has 2 atom stereocenters. The Kier molecular flexibility index (Phi) is 4.48. The maximum Gasteiger partial charge on any atom is 0.225 e. The van der Waals surface area contributed by atoms with Crippen molar-refractivity contribution < 1.29 is 9.53 Å². The van der Waals surface area contributed by atoms with Gasteiger partial charge in [-0.15, -0.1) is 0 Å². The highest BCUT2D eigenvalue weighted by atomic mass is 35.5. The second-order valence-corrected chi connectivity index (χ2v) is 6.34. The lowest BCUT2D eigenvalue weighted by atomic mass is 9.87. The van der Waals surface area contributed by atoms with E-state index in [1.165, 1.54) is 0 Å². The average Bonchev–Trinajstić information content (AvgIpc) is 2.45. The molecule has 2 heterocycles. The van der Waals surface area contributed by atoms with Crippen LogP contribution >= 0.6 is 11.6 Å². The molecule has 2 saturated heterocycles. The highest BCUT2D eigenvalue weighted by Gasteiger charge is 2.34. The van der Waals surface area contributed by atoms with Crippen molar-refractivity contribution in [3.8, 4) is 0 Å². The molecule has 2 aliphatic heterocycles. The smallest absolute Gasteiger partial charge is 0.225 e. The summed E-state index contributed by atoms with van der Waals surface area (Å²) in [4.78, 5) is 14.5. The van der Waals surface area contributed by atoms with E-state index >= 15 is 0 Å². The number of morpholine rings is 1. The molecule has 114 valence electrons. The van der Waals surface area contributed by atoms with E-state index in [0.29, 0.717) is 30.6 Å². The Morgan fingerprint density at radius 2 is 2.10 bits per heavy atom. The minimum absolute atomic E-state index is 0.0494. The lowest BCUT2D eigenvalue weighted by Crippen LogP contribution is -2.52. The molecule has 0 aliphatic carbocycles. The van der Waals surface area contributed by atoms with Crippen molar-refractivity contribution in [2.75, 3.05) is 32.8 Å². The quantitative estimate of drug-likeness (QED) is 0.930. The molecule has 2 fully saturated rings. The molecule has 2 aliphatic rings. The van der Waals surface area contributed by atoms with Crippen LogP contribution < -0.4 is 5.32 Å². The lowest BCUT2D eigenvalue weighted by Gasteiger charge is -2.38. The Morgan fingerprint density at radius 1 is 1.38 bits per heavy atom. The van der Waals surface area contributed by atoms with Gasteiger partial charge < -0.3 is 15.0 Å². The van der Waals surface area contributed by atoms with Crippen LogP contribution in [-0.4, -0.2) is 43.6 Å². The van der Waals surface area contributed by atoms with Gasteiger partial charge in [-0.1, -0.05) is 30.7 Å². The van der Waals surface area contributed by atoms with Crippen molar-refractivity contribution >= 4 is 17.5 Å². The third kappa shape index (κ3) is 3.23. The molecule has 21 heavy (non-hydrogen) atoms. The van der Waals surface area contributed by atoms with Gasteiger partial charge >= 0.3 is 0 Å². The summed E-state index contributed by atoms with van der Waals surface area (Å²) < 4.78 is 5.82. The van der Waals surface area contributed by atoms with Crippen LogP contribution in [0.25, 0.3) is 0 Å². The molecule has 0 saturated carbocycles. The van der Waals surface area contributed by atoms with Crippen molar-refractivity contribution in [1.29, 1.82) is 0 Å². The third-order valence-corrected chi connectivity index (χ3v) is 4.78. The van der Waals surface area contributed by atoms with Gasteiger partial charge in [-0.2, -0.15) is 0 Å². The molecule has 0 spiro atoms. The molecule has 1 aromatic rings.